The number of nitrogens with zero attached hydrogens (tertiary/aromatic N) is 1. The number of piperidine rings is 3. The molecule has 4 rings (SSSR count). The van der Waals surface area contributed by atoms with Crippen LogP contribution in [-0.2, 0) is 22.5 Å². The van der Waals surface area contributed by atoms with E-state index in [4.69, 9.17) is 4.74 Å². The van der Waals surface area contributed by atoms with Crippen molar-refractivity contribution < 1.29 is 9.53 Å². The van der Waals surface area contributed by atoms with Gasteiger partial charge in [-0.05, 0) is 44.0 Å². The number of hydrogen-bond acceptors (Lipinski definition) is 5. The monoisotopic (exact) mass is 294 g/mol. The predicted molar refractivity (Wildman–Crippen MR) is 79.8 cm³/mol. The lowest BCUT2D eigenvalue weighted by atomic mass is 9.84. The lowest BCUT2D eigenvalue weighted by Crippen LogP contribution is -2.55. The normalized spacial score (nSPS) is 28.6. The molecule has 1 atom stereocenters. The predicted octanol–water partition coefficient (Wildman–Crippen LogP) is 1.65. The zero-order valence-corrected chi connectivity index (χ0v) is 12.7. The van der Waals surface area contributed by atoms with E-state index in [1.54, 1.807) is 11.3 Å². The van der Waals surface area contributed by atoms with Gasteiger partial charge in [-0.3, -0.25) is 4.79 Å². The summed E-state index contributed by atoms with van der Waals surface area (Å²) in [5, 5.41) is 3.70. The Kier molecular flexibility index (Phi) is 4.38. The number of rotatable bonds is 5. The molecule has 0 saturated carbocycles. The number of fused-ring (bicyclic) bond motifs is 3. The quantitative estimate of drug-likeness (QED) is 0.839. The van der Waals surface area contributed by atoms with E-state index < -0.39 is 0 Å². The Balaban J connectivity index is 1.50. The van der Waals surface area contributed by atoms with Crippen molar-refractivity contribution in [2.45, 2.75) is 31.8 Å². The summed E-state index contributed by atoms with van der Waals surface area (Å²) in [5.41, 5.74) is 0. The highest BCUT2D eigenvalue weighted by Crippen LogP contribution is 2.28. The zero-order valence-electron chi connectivity index (χ0n) is 11.9. The minimum atomic E-state index is -0.163. The molecule has 5 heteroatoms. The number of esters is 1. The summed E-state index contributed by atoms with van der Waals surface area (Å²) in [5.74, 6) is 0.693. The number of carbonyl (C=O) groups excluding carboxylic acids is 1. The van der Waals surface area contributed by atoms with Crippen LogP contribution in [0.5, 0.6) is 0 Å². The Morgan fingerprint density at radius 1 is 1.40 bits per heavy atom. The molecule has 1 aromatic rings. The maximum absolute atomic E-state index is 11.2. The first-order valence-corrected chi connectivity index (χ1v) is 8.16. The smallest absolute Gasteiger partial charge is 0.310 e. The fraction of sp³-hybridized carbons (Fsp3) is 0.667. The van der Waals surface area contributed by atoms with E-state index in [1.807, 2.05) is 6.07 Å². The number of hydrogen-bond donors (Lipinski definition) is 1. The molecule has 3 aliphatic rings. The van der Waals surface area contributed by atoms with Crippen molar-refractivity contribution in [3.8, 4) is 0 Å². The van der Waals surface area contributed by atoms with E-state index in [0.29, 0.717) is 12.5 Å². The van der Waals surface area contributed by atoms with Crippen LogP contribution in [-0.4, -0.2) is 43.7 Å². The second kappa shape index (κ2) is 6.24. The van der Waals surface area contributed by atoms with Crippen molar-refractivity contribution in [2.24, 2.45) is 5.92 Å². The molecule has 2 bridgehead atoms. The van der Waals surface area contributed by atoms with E-state index in [-0.39, 0.29) is 5.97 Å². The van der Waals surface area contributed by atoms with Gasteiger partial charge in [-0.1, -0.05) is 0 Å². The summed E-state index contributed by atoms with van der Waals surface area (Å²) in [4.78, 5) is 16.2. The topological polar surface area (TPSA) is 41.6 Å². The Morgan fingerprint density at radius 2 is 2.15 bits per heavy atom. The molecule has 3 fully saturated rings. The number of thiophene rings is 1. The second-order valence-electron chi connectivity index (χ2n) is 5.75. The van der Waals surface area contributed by atoms with Gasteiger partial charge in [0.15, 0.2) is 0 Å². The van der Waals surface area contributed by atoms with Crippen LogP contribution in [0.2, 0.25) is 0 Å². The maximum Gasteiger partial charge on any atom is 0.310 e. The molecule has 4 heterocycles. The average Bonchev–Trinajstić information content (AvgIpc) is 2.94. The van der Waals surface area contributed by atoms with Crippen LogP contribution in [0.25, 0.3) is 0 Å². The van der Waals surface area contributed by atoms with Crippen LogP contribution >= 0.6 is 11.3 Å². The first kappa shape index (κ1) is 14.0. The standard InChI is InChI=1S/C15H22N2O2S/c1-19-15(18)8-12-2-3-13(20-12)9-16-14-10-17-6-4-11(14)5-7-17/h2-3,11,14,16H,4-10H2,1H3. The van der Waals surface area contributed by atoms with Gasteiger partial charge in [0.1, 0.15) is 0 Å². The van der Waals surface area contributed by atoms with Crippen molar-refractivity contribution in [3.05, 3.63) is 21.9 Å². The number of methoxy groups -OCH3 is 1. The molecule has 1 unspecified atom stereocenters. The lowest BCUT2D eigenvalue weighted by Gasteiger charge is -2.45. The van der Waals surface area contributed by atoms with Crippen LogP contribution in [0.3, 0.4) is 0 Å². The lowest BCUT2D eigenvalue weighted by molar-refractivity contribution is -0.139. The molecule has 3 aliphatic heterocycles. The van der Waals surface area contributed by atoms with Gasteiger partial charge in [-0.25, -0.2) is 0 Å². The summed E-state index contributed by atoms with van der Waals surface area (Å²) < 4.78 is 4.70. The van der Waals surface area contributed by atoms with Gasteiger partial charge in [0.25, 0.3) is 0 Å². The van der Waals surface area contributed by atoms with Crippen LogP contribution < -0.4 is 5.32 Å². The third kappa shape index (κ3) is 3.22. The second-order valence-corrected chi connectivity index (χ2v) is 7.00. The summed E-state index contributed by atoms with van der Waals surface area (Å²) in [7, 11) is 1.44. The first-order valence-electron chi connectivity index (χ1n) is 7.35. The van der Waals surface area contributed by atoms with Crippen molar-refractivity contribution in [3.63, 3.8) is 0 Å². The van der Waals surface area contributed by atoms with Crippen molar-refractivity contribution >= 4 is 17.3 Å². The summed E-state index contributed by atoms with van der Waals surface area (Å²) in [6, 6.07) is 4.80. The fourth-order valence-electron chi connectivity index (χ4n) is 3.25. The van der Waals surface area contributed by atoms with E-state index >= 15 is 0 Å². The van der Waals surface area contributed by atoms with Crippen molar-refractivity contribution in [1.82, 2.24) is 10.2 Å². The SMILES string of the molecule is COC(=O)Cc1ccc(CNC2CN3CCC2CC3)s1. The summed E-state index contributed by atoms with van der Waals surface area (Å²) in [6.45, 7) is 4.68. The van der Waals surface area contributed by atoms with Crippen molar-refractivity contribution in [1.29, 1.82) is 0 Å². The number of nitrogens with one attached hydrogen (secondary N) is 1. The number of ether oxygens (including phenoxy) is 1. The van der Waals surface area contributed by atoms with E-state index in [9.17, 15) is 4.79 Å². The zero-order chi connectivity index (χ0) is 13.9. The van der Waals surface area contributed by atoms with Crippen LogP contribution in [0.15, 0.2) is 12.1 Å². The molecule has 20 heavy (non-hydrogen) atoms. The highest BCUT2D eigenvalue weighted by atomic mass is 32.1. The largest absolute Gasteiger partial charge is 0.469 e. The molecule has 0 aromatic carbocycles. The first-order chi connectivity index (χ1) is 9.74. The molecule has 3 saturated heterocycles. The Labute approximate surface area is 124 Å². The van der Waals surface area contributed by atoms with Crippen LogP contribution in [0.4, 0.5) is 0 Å². The van der Waals surface area contributed by atoms with Crippen LogP contribution in [0, 0.1) is 5.92 Å². The van der Waals surface area contributed by atoms with Crippen molar-refractivity contribution in [2.75, 3.05) is 26.7 Å². The van der Waals surface area contributed by atoms with E-state index in [2.05, 4.69) is 16.3 Å². The Bertz CT molecular complexity index is 466. The van der Waals surface area contributed by atoms with E-state index in [1.165, 1.54) is 44.5 Å². The average molecular weight is 294 g/mol. The van der Waals surface area contributed by atoms with Gasteiger partial charge >= 0.3 is 5.97 Å². The molecule has 110 valence electrons. The molecular formula is C15H22N2O2S. The third-order valence-corrected chi connectivity index (χ3v) is 5.54. The summed E-state index contributed by atoms with van der Waals surface area (Å²) >= 11 is 1.71. The molecule has 0 spiro atoms. The van der Waals surface area contributed by atoms with Gasteiger partial charge in [-0.2, -0.15) is 0 Å². The molecule has 0 amide bonds. The minimum Gasteiger partial charge on any atom is -0.469 e. The molecule has 1 N–H and O–H groups in total. The minimum absolute atomic E-state index is 0.163. The van der Waals surface area contributed by atoms with Crippen LogP contribution in [0.1, 0.15) is 22.6 Å². The van der Waals surface area contributed by atoms with Gasteiger partial charge in [-0.15, -0.1) is 11.3 Å². The fourth-order valence-corrected chi connectivity index (χ4v) is 4.21. The van der Waals surface area contributed by atoms with Gasteiger partial charge in [0.2, 0.25) is 0 Å². The number of carbonyl (C=O) groups is 1. The van der Waals surface area contributed by atoms with Gasteiger partial charge < -0.3 is 15.0 Å². The van der Waals surface area contributed by atoms with E-state index in [0.717, 1.165) is 17.3 Å². The Hall–Kier alpha value is -0.910. The molecule has 0 radical (unpaired) electrons. The highest BCUT2D eigenvalue weighted by Gasteiger charge is 2.33. The Morgan fingerprint density at radius 3 is 2.80 bits per heavy atom. The third-order valence-electron chi connectivity index (χ3n) is 4.46. The highest BCUT2D eigenvalue weighted by molar-refractivity contribution is 7.12. The molecule has 4 nitrogen and oxygen atoms in total. The molecular weight excluding hydrogens is 272 g/mol. The summed E-state index contributed by atoms with van der Waals surface area (Å²) in [6.07, 6.45) is 3.08. The van der Waals surface area contributed by atoms with Gasteiger partial charge in [0.05, 0.1) is 13.5 Å². The van der Waals surface area contributed by atoms with Gasteiger partial charge in [0, 0.05) is 28.9 Å². The maximum atomic E-state index is 11.2. The molecule has 1 aromatic heterocycles. The molecule has 0 aliphatic carbocycles.